The second kappa shape index (κ2) is 4.96. The lowest BCUT2D eigenvalue weighted by Crippen LogP contribution is -2.41. The zero-order valence-electron chi connectivity index (χ0n) is 13.4. The third-order valence-electron chi connectivity index (χ3n) is 4.48. The van der Waals surface area contributed by atoms with Gasteiger partial charge in [-0.2, -0.15) is 0 Å². The van der Waals surface area contributed by atoms with Crippen LogP contribution < -0.4 is 16.1 Å². The Hall–Kier alpha value is -1.60. The van der Waals surface area contributed by atoms with Gasteiger partial charge in [0.1, 0.15) is 5.75 Å². The third kappa shape index (κ3) is 2.59. The summed E-state index contributed by atoms with van der Waals surface area (Å²) in [5.41, 5.74) is 5.14. The van der Waals surface area contributed by atoms with E-state index in [0.717, 1.165) is 12.8 Å². The van der Waals surface area contributed by atoms with Crippen LogP contribution in [0.2, 0.25) is 0 Å². The summed E-state index contributed by atoms with van der Waals surface area (Å²) in [4.78, 5) is 16.2. The van der Waals surface area contributed by atoms with Gasteiger partial charge in [0.2, 0.25) is 0 Å². The molecule has 0 radical (unpaired) electrons. The highest BCUT2D eigenvalue weighted by Crippen LogP contribution is 2.37. The van der Waals surface area contributed by atoms with Gasteiger partial charge in [-0.15, -0.1) is 0 Å². The molecule has 1 aromatic heterocycles. The van der Waals surface area contributed by atoms with E-state index in [4.69, 9.17) is 19.8 Å². The van der Waals surface area contributed by atoms with Crippen molar-refractivity contribution in [2.45, 2.75) is 57.8 Å². The Bertz CT molecular complexity index is 598. The van der Waals surface area contributed by atoms with Crippen LogP contribution in [0.25, 0.3) is 0 Å². The van der Waals surface area contributed by atoms with Gasteiger partial charge in [-0.25, -0.2) is 0 Å². The van der Waals surface area contributed by atoms with Crippen LogP contribution >= 0.6 is 0 Å². The summed E-state index contributed by atoms with van der Waals surface area (Å²) in [6.45, 7) is 7.78. The van der Waals surface area contributed by atoms with E-state index in [1.807, 2.05) is 27.7 Å². The van der Waals surface area contributed by atoms with Gasteiger partial charge >= 0.3 is 7.12 Å². The number of pyridine rings is 1. The van der Waals surface area contributed by atoms with Gasteiger partial charge in [0.25, 0.3) is 5.91 Å². The number of aromatic nitrogens is 1. The second-order valence-corrected chi connectivity index (χ2v) is 6.84. The largest absolute Gasteiger partial charge is 0.515 e. The van der Waals surface area contributed by atoms with E-state index in [9.17, 15) is 4.79 Å². The number of ether oxygens (including phenoxy) is 1. The summed E-state index contributed by atoms with van der Waals surface area (Å²) >= 11 is 0. The number of carbonyl (C=O) groups excluding carboxylic acids is 1. The molecule has 3 rings (SSSR count). The normalized spacial score (nSPS) is 22.6. The Balaban J connectivity index is 1.98. The van der Waals surface area contributed by atoms with Crippen LogP contribution in [0.15, 0.2) is 12.3 Å². The molecule has 0 bridgehead atoms. The van der Waals surface area contributed by atoms with Crippen molar-refractivity contribution < 1.29 is 18.8 Å². The van der Waals surface area contributed by atoms with Gasteiger partial charge in [-0.3, -0.25) is 9.78 Å². The maximum Gasteiger partial charge on any atom is 0.515 e. The van der Waals surface area contributed by atoms with Crippen LogP contribution in [0.4, 0.5) is 0 Å². The first-order valence-electron chi connectivity index (χ1n) is 7.52. The summed E-state index contributed by atoms with van der Waals surface area (Å²) in [7, 11) is -0.741. The molecule has 1 amide bonds. The minimum atomic E-state index is -0.741. The summed E-state index contributed by atoms with van der Waals surface area (Å²) in [5, 5.41) is 0. The van der Waals surface area contributed by atoms with Crippen molar-refractivity contribution in [2.24, 2.45) is 5.73 Å². The number of nitrogens with zero attached hydrogens (tertiary/aromatic N) is 1. The number of rotatable bonds is 4. The van der Waals surface area contributed by atoms with Crippen LogP contribution in [0.5, 0.6) is 5.75 Å². The van der Waals surface area contributed by atoms with Gasteiger partial charge in [0.05, 0.1) is 28.5 Å². The van der Waals surface area contributed by atoms with Crippen molar-refractivity contribution in [3.8, 4) is 5.75 Å². The van der Waals surface area contributed by atoms with E-state index in [1.165, 1.54) is 0 Å². The maximum absolute atomic E-state index is 11.9. The van der Waals surface area contributed by atoms with Gasteiger partial charge in [0, 0.05) is 6.20 Å². The summed E-state index contributed by atoms with van der Waals surface area (Å²) in [5.74, 6) is -0.136. The average Bonchev–Trinajstić information content (AvgIpc) is 3.16. The van der Waals surface area contributed by atoms with Crippen LogP contribution in [0.1, 0.15) is 50.9 Å². The second-order valence-electron chi connectivity index (χ2n) is 6.84. The first-order chi connectivity index (χ1) is 10.2. The number of hydrogen-bond donors (Lipinski definition) is 1. The molecule has 0 aromatic carbocycles. The number of amides is 1. The fourth-order valence-electron chi connectivity index (χ4n) is 2.30. The molecule has 2 fully saturated rings. The Morgan fingerprint density at radius 2 is 1.91 bits per heavy atom. The van der Waals surface area contributed by atoms with Gasteiger partial charge in [-0.05, 0) is 46.6 Å². The quantitative estimate of drug-likeness (QED) is 0.840. The molecule has 6 nitrogen and oxygen atoms in total. The Morgan fingerprint density at radius 1 is 1.32 bits per heavy atom. The predicted octanol–water partition coefficient (Wildman–Crippen LogP) is 1.02. The molecular formula is C15H21BN2O4. The van der Waals surface area contributed by atoms with Crippen molar-refractivity contribution >= 4 is 18.6 Å². The van der Waals surface area contributed by atoms with E-state index >= 15 is 0 Å². The van der Waals surface area contributed by atoms with Gasteiger partial charge in [0.15, 0.2) is 0 Å². The van der Waals surface area contributed by atoms with E-state index in [2.05, 4.69) is 4.98 Å². The van der Waals surface area contributed by atoms with E-state index in [0.29, 0.717) is 11.3 Å². The lowest BCUT2D eigenvalue weighted by atomic mass is 9.80. The van der Waals surface area contributed by atoms with Gasteiger partial charge < -0.3 is 19.8 Å². The molecule has 0 unspecified atom stereocenters. The number of primary amides is 1. The fourth-order valence-corrected chi connectivity index (χ4v) is 2.30. The molecule has 1 saturated heterocycles. The Kier molecular flexibility index (Phi) is 3.45. The highest BCUT2D eigenvalue weighted by atomic mass is 16.7. The molecule has 1 saturated carbocycles. The zero-order chi connectivity index (χ0) is 16.1. The van der Waals surface area contributed by atoms with Crippen molar-refractivity contribution in [3.63, 3.8) is 0 Å². The summed E-state index contributed by atoms with van der Waals surface area (Å²) in [6, 6.07) is 1.66. The molecule has 2 N–H and O–H groups in total. The average molecular weight is 304 g/mol. The van der Waals surface area contributed by atoms with Crippen molar-refractivity contribution in [1.29, 1.82) is 0 Å². The minimum absolute atomic E-state index is 0.159. The third-order valence-corrected chi connectivity index (χ3v) is 4.48. The van der Waals surface area contributed by atoms with Crippen LogP contribution in [0, 0.1) is 0 Å². The minimum Gasteiger partial charge on any atom is -0.489 e. The topological polar surface area (TPSA) is 83.7 Å². The zero-order valence-corrected chi connectivity index (χ0v) is 13.4. The molecule has 22 heavy (non-hydrogen) atoms. The molecule has 0 spiro atoms. The molecule has 0 atom stereocenters. The summed E-state index contributed by atoms with van der Waals surface area (Å²) in [6.07, 6.45) is 3.73. The molecule has 1 aliphatic heterocycles. The highest BCUT2D eigenvalue weighted by molar-refractivity contribution is 6.62. The van der Waals surface area contributed by atoms with Gasteiger partial charge in [-0.1, -0.05) is 0 Å². The van der Waals surface area contributed by atoms with Crippen LogP contribution in [-0.4, -0.2) is 35.3 Å². The fraction of sp³-hybridized carbons (Fsp3) is 0.600. The van der Waals surface area contributed by atoms with E-state index < -0.39 is 24.2 Å². The lowest BCUT2D eigenvalue weighted by Gasteiger charge is -2.32. The molecule has 1 aromatic rings. The van der Waals surface area contributed by atoms with E-state index in [1.54, 1.807) is 12.3 Å². The maximum atomic E-state index is 11.9. The molecule has 2 heterocycles. The monoisotopic (exact) mass is 304 g/mol. The number of carbonyl (C=O) groups is 1. The highest BCUT2D eigenvalue weighted by Gasteiger charge is 2.53. The van der Waals surface area contributed by atoms with Crippen molar-refractivity contribution in [3.05, 3.63) is 17.8 Å². The summed E-state index contributed by atoms with van der Waals surface area (Å²) < 4.78 is 17.7. The first-order valence-corrected chi connectivity index (χ1v) is 7.52. The lowest BCUT2D eigenvalue weighted by molar-refractivity contribution is 0.00578. The first kappa shape index (κ1) is 15.3. The van der Waals surface area contributed by atoms with Crippen molar-refractivity contribution in [1.82, 2.24) is 4.98 Å². The standard InChI is InChI=1S/C15H21BN2O4/c1-14(2)15(3,4)22-16(21-14)12-11(13(17)19)10(7-8-18-12)20-9-5-6-9/h7-9H,5-6H2,1-4H3,(H2,17,19). The number of hydrogen-bond acceptors (Lipinski definition) is 5. The predicted molar refractivity (Wildman–Crippen MR) is 82.1 cm³/mol. The molecule has 1 aliphatic carbocycles. The number of nitrogens with two attached hydrogens (primary N) is 1. The van der Waals surface area contributed by atoms with Crippen LogP contribution in [0.3, 0.4) is 0 Å². The molecular weight excluding hydrogens is 283 g/mol. The Morgan fingerprint density at radius 3 is 2.41 bits per heavy atom. The molecule has 118 valence electrons. The molecule has 2 aliphatic rings. The SMILES string of the molecule is CC1(C)OB(c2nccc(OC3CC3)c2C(N)=O)OC1(C)C. The van der Waals surface area contributed by atoms with E-state index in [-0.39, 0.29) is 11.7 Å². The molecule has 7 heteroatoms. The smallest absolute Gasteiger partial charge is 0.489 e. The van der Waals surface area contributed by atoms with Crippen LogP contribution in [-0.2, 0) is 9.31 Å². The Labute approximate surface area is 130 Å². The van der Waals surface area contributed by atoms with Crippen molar-refractivity contribution in [2.75, 3.05) is 0 Å².